The Labute approximate surface area is 82.3 Å². The average Bonchev–Trinajstić information content (AvgIpc) is 2.56. The van der Waals surface area contributed by atoms with Crippen molar-refractivity contribution in [3.8, 4) is 0 Å². The van der Waals surface area contributed by atoms with Crippen LogP contribution in [0.2, 0.25) is 0 Å². The highest BCUT2D eigenvalue weighted by Gasteiger charge is 2.18. The molecule has 1 heterocycles. The summed E-state index contributed by atoms with van der Waals surface area (Å²) in [6, 6.07) is 6.43. The fourth-order valence-electron chi connectivity index (χ4n) is 1.67. The first-order chi connectivity index (χ1) is 6.74. The molecule has 1 aromatic carbocycles. The third-order valence-corrected chi connectivity index (χ3v) is 2.43. The highest BCUT2D eigenvalue weighted by Crippen LogP contribution is 2.11. The van der Waals surface area contributed by atoms with Crippen molar-refractivity contribution < 1.29 is 9.18 Å². The third-order valence-electron chi connectivity index (χ3n) is 2.43. The van der Waals surface area contributed by atoms with Crippen molar-refractivity contribution in [1.29, 1.82) is 0 Å². The second kappa shape index (κ2) is 3.88. The third kappa shape index (κ3) is 2.17. The van der Waals surface area contributed by atoms with E-state index in [1.165, 1.54) is 12.1 Å². The smallest absolute Gasteiger partial charge is 0.148 e. The standard InChI is InChI=1S/C11H12FNO/c12-10-3-1-9(2-4-10)7-13-6-5-11(14)8-13/h1-4H,5-8H2. The number of hydrogen-bond acceptors (Lipinski definition) is 2. The first-order valence-corrected chi connectivity index (χ1v) is 4.72. The minimum Gasteiger partial charge on any atom is -0.298 e. The van der Waals surface area contributed by atoms with Gasteiger partial charge in [-0.3, -0.25) is 9.69 Å². The van der Waals surface area contributed by atoms with Crippen LogP contribution in [0.15, 0.2) is 24.3 Å². The molecule has 1 fully saturated rings. The van der Waals surface area contributed by atoms with Crippen molar-refractivity contribution in [2.24, 2.45) is 0 Å². The van der Waals surface area contributed by atoms with Crippen LogP contribution < -0.4 is 0 Å². The molecule has 3 heteroatoms. The molecule has 2 nitrogen and oxygen atoms in total. The van der Waals surface area contributed by atoms with Gasteiger partial charge in [-0.2, -0.15) is 0 Å². The number of likely N-dealkylation sites (tertiary alicyclic amines) is 1. The molecule has 0 saturated carbocycles. The summed E-state index contributed by atoms with van der Waals surface area (Å²) < 4.78 is 12.6. The fourth-order valence-corrected chi connectivity index (χ4v) is 1.67. The lowest BCUT2D eigenvalue weighted by Crippen LogP contribution is -2.19. The number of halogens is 1. The molecule has 0 bridgehead atoms. The molecule has 1 aliphatic heterocycles. The molecule has 0 unspecified atom stereocenters. The maximum Gasteiger partial charge on any atom is 0.148 e. The lowest BCUT2D eigenvalue weighted by molar-refractivity contribution is -0.116. The van der Waals surface area contributed by atoms with Crippen LogP contribution in [0, 0.1) is 5.82 Å². The number of hydrogen-bond donors (Lipinski definition) is 0. The van der Waals surface area contributed by atoms with Gasteiger partial charge in [-0.15, -0.1) is 0 Å². The molecule has 0 spiro atoms. The summed E-state index contributed by atoms with van der Waals surface area (Å²) >= 11 is 0. The van der Waals surface area contributed by atoms with Crippen LogP contribution in [0.3, 0.4) is 0 Å². The Kier molecular flexibility index (Phi) is 2.59. The van der Waals surface area contributed by atoms with E-state index in [4.69, 9.17) is 0 Å². The molecule has 0 radical (unpaired) electrons. The van der Waals surface area contributed by atoms with E-state index in [9.17, 15) is 9.18 Å². The molecule has 1 saturated heterocycles. The zero-order valence-corrected chi connectivity index (χ0v) is 7.87. The number of benzene rings is 1. The topological polar surface area (TPSA) is 20.3 Å². The van der Waals surface area contributed by atoms with Gasteiger partial charge >= 0.3 is 0 Å². The van der Waals surface area contributed by atoms with Crippen LogP contribution in [0.5, 0.6) is 0 Å². The fraction of sp³-hybridized carbons (Fsp3) is 0.364. The molecule has 0 aromatic heterocycles. The van der Waals surface area contributed by atoms with E-state index in [1.54, 1.807) is 12.1 Å². The monoisotopic (exact) mass is 193 g/mol. The van der Waals surface area contributed by atoms with Gasteiger partial charge in [0.2, 0.25) is 0 Å². The van der Waals surface area contributed by atoms with E-state index in [0.717, 1.165) is 18.7 Å². The quantitative estimate of drug-likeness (QED) is 0.711. The summed E-state index contributed by atoms with van der Waals surface area (Å²) in [6.45, 7) is 2.11. The normalized spacial score (nSPS) is 17.6. The maximum absolute atomic E-state index is 12.6. The van der Waals surface area contributed by atoms with Crippen molar-refractivity contribution in [2.45, 2.75) is 13.0 Å². The molecule has 0 aliphatic carbocycles. The van der Waals surface area contributed by atoms with E-state index in [2.05, 4.69) is 4.90 Å². The first kappa shape index (κ1) is 9.34. The van der Waals surface area contributed by atoms with E-state index in [1.807, 2.05) is 0 Å². The molecule has 0 atom stereocenters. The largest absolute Gasteiger partial charge is 0.298 e. The Balaban J connectivity index is 1.97. The number of nitrogens with zero attached hydrogens (tertiary/aromatic N) is 1. The Hall–Kier alpha value is -1.22. The van der Waals surface area contributed by atoms with Crippen molar-refractivity contribution in [3.63, 3.8) is 0 Å². The van der Waals surface area contributed by atoms with Crippen LogP contribution in [-0.2, 0) is 11.3 Å². The molecular weight excluding hydrogens is 181 g/mol. The predicted molar refractivity (Wildman–Crippen MR) is 51.3 cm³/mol. The lowest BCUT2D eigenvalue weighted by atomic mass is 10.2. The van der Waals surface area contributed by atoms with Crippen LogP contribution in [0.25, 0.3) is 0 Å². The van der Waals surface area contributed by atoms with Gasteiger partial charge in [-0.05, 0) is 17.7 Å². The van der Waals surface area contributed by atoms with Gasteiger partial charge in [-0.25, -0.2) is 4.39 Å². The first-order valence-electron chi connectivity index (χ1n) is 4.72. The van der Waals surface area contributed by atoms with E-state index in [0.29, 0.717) is 18.7 Å². The number of carbonyl (C=O) groups is 1. The highest BCUT2D eigenvalue weighted by molar-refractivity contribution is 5.82. The van der Waals surface area contributed by atoms with E-state index >= 15 is 0 Å². The zero-order valence-electron chi connectivity index (χ0n) is 7.87. The second-order valence-corrected chi connectivity index (χ2v) is 3.63. The van der Waals surface area contributed by atoms with Crippen molar-refractivity contribution in [1.82, 2.24) is 4.90 Å². The molecule has 0 N–H and O–H groups in total. The van der Waals surface area contributed by atoms with Crippen molar-refractivity contribution in [3.05, 3.63) is 35.6 Å². The van der Waals surface area contributed by atoms with Gasteiger partial charge in [0.1, 0.15) is 11.6 Å². The van der Waals surface area contributed by atoms with Gasteiger partial charge in [0, 0.05) is 19.5 Å². The Morgan fingerprint density at radius 2 is 2.00 bits per heavy atom. The molecule has 2 rings (SSSR count). The molecule has 1 aromatic rings. The van der Waals surface area contributed by atoms with Crippen LogP contribution in [-0.4, -0.2) is 23.8 Å². The number of carbonyl (C=O) groups excluding carboxylic acids is 1. The number of Topliss-reactive ketones (excluding diaryl/α,β-unsaturated/α-hetero) is 1. The van der Waals surface area contributed by atoms with Gasteiger partial charge in [0.05, 0.1) is 6.54 Å². The summed E-state index contributed by atoms with van der Waals surface area (Å²) in [7, 11) is 0. The molecule has 14 heavy (non-hydrogen) atoms. The van der Waals surface area contributed by atoms with Crippen LogP contribution in [0.4, 0.5) is 4.39 Å². The van der Waals surface area contributed by atoms with Crippen molar-refractivity contribution in [2.75, 3.05) is 13.1 Å². The predicted octanol–water partition coefficient (Wildman–Crippen LogP) is 1.60. The Bertz CT molecular complexity index is 334. The van der Waals surface area contributed by atoms with Crippen LogP contribution in [0.1, 0.15) is 12.0 Å². The number of rotatable bonds is 2. The molecule has 74 valence electrons. The SMILES string of the molecule is O=C1CCN(Cc2ccc(F)cc2)C1. The van der Waals surface area contributed by atoms with Gasteiger partial charge in [-0.1, -0.05) is 12.1 Å². The van der Waals surface area contributed by atoms with Crippen LogP contribution >= 0.6 is 0 Å². The summed E-state index contributed by atoms with van der Waals surface area (Å²) in [5.41, 5.74) is 1.06. The summed E-state index contributed by atoms with van der Waals surface area (Å²) in [6.07, 6.45) is 0.654. The van der Waals surface area contributed by atoms with Gasteiger partial charge in [0.15, 0.2) is 0 Å². The summed E-state index contributed by atoms with van der Waals surface area (Å²) in [5.74, 6) is 0.0818. The van der Waals surface area contributed by atoms with Gasteiger partial charge in [0.25, 0.3) is 0 Å². The molecule has 1 aliphatic rings. The van der Waals surface area contributed by atoms with Gasteiger partial charge < -0.3 is 0 Å². The molecular formula is C11H12FNO. The summed E-state index contributed by atoms with van der Waals surface area (Å²) in [4.78, 5) is 13.1. The lowest BCUT2D eigenvalue weighted by Gasteiger charge is -2.13. The van der Waals surface area contributed by atoms with E-state index in [-0.39, 0.29) is 5.82 Å². The second-order valence-electron chi connectivity index (χ2n) is 3.63. The maximum atomic E-state index is 12.6. The molecule has 0 amide bonds. The average molecular weight is 193 g/mol. The summed E-state index contributed by atoms with van der Waals surface area (Å²) in [5, 5.41) is 0. The Morgan fingerprint density at radius 1 is 1.29 bits per heavy atom. The van der Waals surface area contributed by atoms with E-state index < -0.39 is 0 Å². The number of ketones is 1. The highest BCUT2D eigenvalue weighted by atomic mass is 19.1. The van der Waals surface area contributed by atoms with Crippen molar-refractivity contribution >= 4 is 5.78 Å². The minimum absolute atomic E-state index is 0.216. The zero-order chi connectivity index (χ0) is 9.97. The minimum atomic E-state index is -0.216. The Morgan fingerprint density at radius 3 is 2.57 bits per heavy atom.